The Morgan fingerprint density at radius 2 is 1.48 bits per heavy atom. The van der Waals surface area contributed by atoms with Crippen LogP contribution in [0.4, 0.5) is 5.69 Å². The topological polar surface area (TPSA) is 84.0 Å². The minimum atomic E-state index is -3.71. The van der Waals surface area contributed by atoms with E-state index in [9.17, 15) is 18.0 Å². The third-order valence-electron chi connectivity index (χ3n) is 3.97. The third-order valence-corrected chi connectivity index (χ3v) is 5.77. The van der Waals surface area contributed by atoms with Crippen LogP contribution in [-0.2, 0) is 19.6 Å². The van der Waals surface area contributed by atoms with Crippen LogP contribution >= 0.6 is 0 Å². The van der Waals surface area contributed by atoms with E-state index in [0.29, 0.717) is 5.69 Å². The van der Waals surface area contributed by atoms with Crippen LogP contribution in [0.5, 0.6) is 0 Å². The number of carbonyl (C=O) groups excluding carboxylic acids is 2. The number of benzene rings is 2. The Labute approximate surface area is 159 Å². The zero-order valence-electron chi connectivity index (χ0n) is 15.7. The summed E-state index contributed by atoms with van der Waals surface area (Å²) in [5, 5.41) is 0. The van der Waals surface area contributed by atoms with Crippen LogP contribution in [0.15, 0.2) is 53.4 Å². The van der Waals surface area contributed by atoms with Crippen LogP contribution in [0.3, 0.4) is 0 Å². The molecule has 0 aliphatic heterocycles. The maximum atomic E-state index is 12.7. The number of anilines is 1. The lowest BCUT2D eigenvalue weighted by Gasteiger charge is -2.20. The second-order valence-electron chi connectivity index (χ2n) is 6.20. The monoisotopic (exact) mass is 390 g/mol. The molecule has 2 aromatic carbocycles. The number of carbonyl (C=O) groups is 2. The van der Waals surface area contributed by atoms with Gasteiger partial charge < -0.3 is 9.64 Å². The van der Waals surface area contributed by atoms with Crippen molar-refractivity contribution < 1.29 is 22.7 Å². The van der Waals surface area contributed by atoms with Gasteiger partial charge in [-0.25, -0.2) is 13.2 Å². The van der Waals surface area contributed by atoms with E-state index in [0.717, 1.165) is 9.87 Å². The maximum Gasteiger partial charge on any atom is 0.338 e. The molecule has 0 aromatic heterocycles. The average molecular weight is 390 g/mol. The summed E-state index contributed by atoms with van der Waals surface area (Å²) in [5.74, 6) is -0.982. The third kappa shape index (κ3) is 4.85. The molecule has 0 saturated carbocycles. The summed E-state index contributed by atoms with van der Waals surface area (Å²) in [6, 6.07) is 12.5. The Bertz CT molecular complexity index is 920. The highest BCUT2D eigenvalue weighted by atomic mass is 32.2. The van der Waals surface area contributed by atoms with Gasteiger partial charge in [-0.3, -0.25) is 9.10 Å². The summed E-state index contributed by atoms with van der Waals surface area (Å²) in [4.78, 5) is 24.9. The first kappa shape index (κ1) is 20.4. The molecule has 8 heteroatoms. The van der Waals surface area contributed by atoms with Crippen LogP contribution < -0.4 is 4.31 Å². The molecular formula is C19H22N2O5S. The Balaban J connectivity index is 2.13. The number of aryl methyl sites for hydroxylation is 1. The molecule has 1 amide bonds. The molecule has 0 spiro atoms. The van der Waals surface area contributed by atoms with E-state index >= 15 is 0 Å². The second-order valence-corrected chi connectivity index (χ2v) is 8.17. The number of esters is 1. The van der Waals surface area contributed by atoms with E-state index < -0.39 is 16.0 Å². The van der Waals surface area contributed by atoms with E-state index in [1.54, 1.807) is 38.4 Å². The summed E-state index contributed by atoms with van der Waals surface area (Å²) in [6.45, 7) is 1.53. The lowest BCUT2D eigenvalue weighted by atomic mass is 10.2. The SMILES string of the molecule is Cc1ccc(S(=O)(=O)N(C)c2ccc(C(=O)OCC(=O)N(C)C)cc2)cc1. The molecule has 2 rings (SSSR count). The molecule has 7 nitrogen and oxygen atoms in total. The summed E-state index contributed by atoms with van der Waals surface area (Å²) >= 11 is 0. The van der Waals surface area contributed by atoms with E-state index in [1.165, 1.54) is 36.2 Å². The van der Waals surface area contributed by atoms with Gasteiger partial charge in [0.2, 0.25) is 0 Å². The van der Waals surface area contributed by atoms with Crippen molar-refractivity contribution in [3.8, 4) is 0 Å². The zero-order valence-corrected chi connectivity index (χ0v) is 16.5. The van der Waals surface area contributed by atoms with Crippen LogP contribution in [0.1, 0.15) is 15.9 Å². The minimum absolute atomic E-state index is 0.182. The number of amides is 1. The molecular weight excluding hydrogens is 368 g/mol. The normalized spacial score (nSPS) is 11.0. The van der Waals surface area contributed by atoms with Gasteiger partial charge in [-0.1, -0.05) is 17.7 Å². The molecule has 0 heterocycles. The van der Waals surface area contributed by atoms with Crippen LogP contribution in [0, 0.1) is 6.92 Å². The molecule has 0 bridgehead atoms. The van der Waals surface area contributed by atoms with Crippen molar-refractivity contribution in [2.75, 3.05) is 32.1 Å². The van der Waals surface area contributed by atoms with Gasteiger partial charge in [0.15, 0.2) is 6.61 Å². The number of hydrogen-bond acceptors (Lipinski definition) is 5. The largest absolute Gasteiger partial charge is 0.452 e. The standard InChI is InChI=1S/C19H22N2O5S/c1-14-5-11-17(12-6-14)27(24,25)21(4)16-9-7-15(8-10-16)19(23)26-13-18(22)20(2)3/h5-12H,13H2,1-4H3. The molecule has 0 atom stereocenters. The first-order chi connectivity index (χ1) is 12.6. The fourth-order valence-corrected chi connectivity index (χ4v) is 3.35. The van der Waals surface area contributed by atoms with Gasteiger partial charge in [0.1, 0.15) is 0 Å². The number of nitrogens with zero attached hydrogens (tertiary/aromatic N) is 2. The second kappa shape index (κ2) is 8.22. The van der Waals surface area contributed by atoms with Crippen LogP contribution in [0.25, 0.3) is 0 Å². The van der Waals surface area contributed by atoms with Crippen molar-refractivity contribution in [1.82, 2.24) is 4.90 Å². The molecule has 2 aromatic rings. The fourth-order valence-electron chi connectivity index (χ4n) is 2.15. The predicted octanol–water partition coefficient (Wildman–Crippen LogP) is 2.07. The molecule has 0 N–H and O–H groups in total. The molecule has 27 heavy (non-hydrogen) atoms. The first-order valence-corrected chi connectivity index (χ1v) is 9.60. The van der Waals surface area contributed by atoms with E-state index in [1.807, 2.05) is 6.92 Å². The Hall–Kier alpha value is -2.87. The van der Waals surface area contributed by atoms with Crippen LogP contribution in [-0.4, -0.2) is 52.9 Å². The molecule has 0 saturated heterocycles. The molecule has 0 aliphatic rings. The van der Waals surface area contributed by atoms with Crippen molar-refractivity contribution in [2.24, 2.45) is 0 Å². The average Bonchev–Trinajstić information content (AvgIpc) is 2.65. The lowest BCUT2D eigenvalue weighted by molar-refractivity contribution is -0.131. The molecule has 0 fully saturated rings. The van der Waals surface area contributed by atoms with Gasteiger partial charge >= 0.3 is 5.97 Å². The highest BCUT2D eigenvalue weighted by molar-refractivity contribution is 7.92. The van der Waals surface area contributed by atoms with Gasteiger partial charge in [0.25, 0.3) is 15.9 Å². The molecule has 144 valence electrons. The van der Waals surface area contributed by atoms with E-state index in [4.69, 9.17) is 4.74 Å². The summed E-state index contributed by atoms with van der Waals surface area (Å²) < 4.78 is 31.5. The highest BCUT2D eigenvalue weighted by Crippen LogP contribution is 2.22. The quantitative estimate of drug-likeness (QED) is 0.705. The number of sulfonamides is 1. The lowest BCUT2D eigenvalue weighted by Crippen LogP contribution is -2.27. The Morgan fingerprint density at radius 3 is 2.00 bits per heavy atom. The maximum absolute atomic E-state index is 12.7. The number of rotatable bonds is 6. The van der Waals surface area contributed by atoms with Gasteiger partial charge in [-0.15, -0.1) is 0 Å². The van der Waals surface area contributed by atoms with Crippen molar-refractivity contribution in [3.63, 3.8) is 0 Å². The smallest absolute Gasteiger partial charge is 0.338 e. The number of ether oxygens (including phenoxy) is 1. The zero-order chi connectivity index (χ0) is 20.2. The Kier molecular flexibility index (Phi) is 6.22. The van der Waals surface area contributed by atoms with E-state index in [-0.39, 0.29) is 23.0 Å². The number of hydrogen-bond donors (Lipinski definition) is 0. The number of likely N-dealkylation sites (N-methyl/N-ethyl adjacent to an activating group) is 1. The van der Waals surface area contributed by atoms with Gasteiger partial charge in [-0.2, -0.15) is 0 Å². The Morgan fingerprint density at radius 1 is 0.926 bits per heavy atom. The van der Waals surface area contributed by atoms with Crippen molar-refractivity contribution >= 4 is 27.6 Å². The molecule has 0 radical (unpaired) electrons. The summed E-state index contributed by atoms with van der Waals surface area (Å²) in [5.41, 5.74) is 1.59. The highest BCUT2D eigenvalue weighted by Gasteiger charge is 2.21. The van der Waals surface area contributed by atoms with E-state index in [2.05, 4.69) is 0 Å². The van der Waals surface area contributed by atoms with Gasteiger partial charge in [0, 0.05) is 21.1 Å². The predicted molar refractivity (Wildman–Crippen MR) is 102 cm³/mol. The molecule has 0 unspecified atom stereocenters. The van der Waals surface area contributed by atoms with Gasteiger partial charge in [-0.05, 0) is 43.3 Å². The van der Waals surface area contributed by atoms with Crippen LogP contribution in [0.2, 0.25) is 0 Å². The summed E-state index contributed by atoms with van der Waals surface area (Å²) in [7, 11) is 0.866. The van der Waals surface area contributed by atoms with Crippen molar-refractivity contribution in [1.29, 1.82) is 0 Å². The molecule has 0 aliphatic carbocycles. The fraction of sp³-hybridized carbons (Fsp3) is 0.263. The minimum Gasteiger partial charge on any atom is -0.452 e. The van der Waals surface area contributed by atoms with Crippen molar-refractivity contribution in [2.45, 2.75) is 11.8 Å². The van der Waals surface area contributed by atoms with Crippen molar-refractivity contribution in [3.05, 3.63) is 59.7 Å². The first-order valence-electron chi connectivity index (χ1n) is 8.16. The summed E-state index contributed by atoms with van der Waals surface area (Å²) in [6.07, 6.45) is 0. The van der Waals surface area contributed by atoms with Gasteiger partial charge in [0.05, 0.1) is 16.1 Å².